The van der Waals surface area contributed by atoms with Gasteiger partial charge in [0.15, 0.2) is 0 Å². The first kappa shape index (κ1) is 22.9. The second-order valence-corrected chi connectivity index (χ2v) is 24.0. The Labute approximate surface area is 126 Å². The van der Waals surface area contributed by atoms with E-state index in [1.165, 1.54) is 11.8 Å². The third kappa shape index (κ3) is 80.0. The first-order chi connectivity index (χ1) is 6.37. The summed E-state index contributed by atoms with van der Waals surface area (Å²) in [5, 5.41) is 0. The Morgan fingerprint density at radius 1 is 1.07 bits per heavy atom. The van der Waals surface area contributed by atoms with Gasteiger partial charge in [-0.1, -0.05) is 0 Å². The predicted octanol–water partition coefficient (Wildman–Crippen LogP) is 4.54. The Balaban J connectivity index is -0.000000147. The quantitative estimate of drug-likeness (QED) is 0.538. The summed E-state index contributed by atoms with van der Waals surface area (Å²) in [7, 11) is 38.3. The van der Waals surface area contributed by atoms with Crippen LogP contribution >= 0.6 is 67.4 Å². The summed E-state index contributed by atoms with van der Waals surface area (Å²) in [6.45, 7) is 1.53. The van der Waals surface area contributed by atoms with Crippen molar-refractivity contribution in [2.24, 2.45) is 0 Å². The van der Waals surface area contributed by atoms with Gasteiger partial charge in [0.2, 0.25) is 5.91 Å². The van der Waals surface area contributed by atoms with Gasteiger partial charge in [0, 0.05) is 21.0 Å². The van der Waals surface area contributed by atoms with Gasteiger partial charge in [-0.3, -0.25) is 4.79 Å². The summed E-state index contributed by atoms with van der Waals surface area (Å²) in [5.74, 6) is 0.0926. The van der Waals surface area contributed by atoms with Gasteiger partial charge in [0.05, 0.1) is 0 Å². The van der Waals surface area contributed by atoms with Gasteiger partial charge in [-0.15, -0.1) is 0 Å². The molecule has 0 aliphatic heterocycles. The number of rotatable bonds is 0. The molecule has 1 amide bonds. The molecule has 0 spiro atoms. The molecule has 11 heteroatoms. The summed E-state index contributed by atoms with van der Waals surface area (Å²) in [6, 6.07) is 0. The second kappa shape index (κ2) is 13.2. The fraction of sp³-hybridized carbons (Fsp3) is 0.750. The fourth-order valence-corrected chi connectivity index (χ4v) is 0. The van der Waals surface area contributed by atoms with Crippen molar-refractivity contribution in [1.29, 1.82) is 0 Å². The maximum atomic E-state index is 10.1. The van der Waals surface area contributed by atoms with Crippen LogP contribution in [0.2, 0.25) is 0 Å². The normalized spacial score (nSPS) is 8.93. The molecular weight excluding hydrogens is 401 g/mol. The molecular formula is C4H9AlCl7NOTi. The number of amides is 1. The van der Waals surface area contributed by atoms with Crippen LogP contribution < -0.4 is 0 Å². The van der Waals surface area contributed by atoms with Crippen molar-refractivity contribution in [3.63, 3.8) is 0 Å². The Morgan fingerprint density at radius 2 is 1.13 bits per heavy atom. The Bertz CT molecular complexity index is 155. The molecule has 92 valence electrons. The number of carbonyl (C=O) groups excluding carboxylic acids is 1. The van der Waals surface area contributed by atoms with E-state index in [4.69, 9.17) is 67.4 Å². The van der Waals surface area contributed by atoms with Crippen LogP contribution in [0.4, 0.5) is 0 Å². The van der Waals surface area contributed by atoms with Crippen molar-refractivity contribution >= 4 is 84.7 Å². The molecule has 0 rings (SSSR count). The SMILES string of the molecule is CC(=O)N(C)C.[Cl][Al]([Cl])[Cl].[Cl][Ti]([Cl])([Cl])[Cl]. The van der Waals surface area contributed by atoms with Crippen LogP contribution in [-0.4, -0.2) is 36.3 Å². The molecule has 0 heterocycles. The second-order valence-electron chi connectivity index (χ2n) is 2.09. The molecule has 0 aliphatic rings. The average molecular weight is 410 g/mol. The van der Waals surface area contributed by atoms with Gasteiger partial charge in [0.25, 0.3) is 0 Å². The van der Waals surface area contributed by atoms with E-state index in [9.17, 15) is 4.79 Å². The third-order valence-corrected chi connectivity index (χ3v) is 0.630. The molecule has 0 atom stereocenters. The zero-order chi connectivity index (χ0) is 13.2. The van der Waals surface area contributed by atoms with E-state index >= 15 is 0 Å². The molecule has 0 aromatic rings. The van der Waals surface area contributed by atoms with Gasteiger partial charge in [-0.05, 0) is 0 Å². The third-order valence-electron chi connectivity index (χ3n) is 0.630. The molecule has 0 bridgehead atoms. The van der Waals surface area contributed by atoms with E-state index in [1.54, 1.807) is 14.1 Å². The molecule has 0 aliphatic carbocycles. The predicted molar refractivity (Wildman–Crippen MR) is 71.1 cm³/mol. The first-order valence-corrected chi connectivity index (χ1v) is 17.1. The van der Waals surface area contributed by atoms with Crippen molar-refractivity contribution in [3.05, 3.63) is 0 Å². The van der Waals surface area contributed by atoms with E-state index in [1.807, 2.05) is 0 Å². The Kier molecular flexibility index (Phi) is 20.1. The molecule has 0 aromatic heterocycles. The average Bonchev–Trinajstić information content (AvgIpc) is 1.80. The van der Waals surface area contributed by atoms with Crippen molar-refractivity contribution in [3.8, 4) is 0 Å². The van der Waals surface area contributed by atoms with Gasteiger partial charge in [0.1, 0.15) is 0 Å². The van der Waals surface area contributed by atoms with Crippen LogP contribution in [0.15, 0.2) is 0 Å². The van der Waals surface area contributed by atoms with E-state index in [-0.39, 0.29) is 5.91 Å². The molecule has 0 unspecified atom stereocenters. The van der Waals surface area contributed by atoms with Crippen LogP contribution in [0.25, 0.3) is 0 Å². The Hall–Kier alpha value is 2.75. The van der Waals surface area contributed by atoms with Crippen LogP contribution in [0, 0.1) is 0 Å². The summed E-state index contributed by atoms with van der Waals surface area (Å²) in [4.78, 5) is 11.6. The molecule has 15 heavy (non-hydrogen) atoms. The number of carbonyl (C=O) groups is 1. The van der Waals surface area contributed by atoms with Crippen molar-refractivity contribution in [2.45, 2.75) is 6.92 Å². The molecule has 0 N–H and O–H groups in total. The standard InChI is InChI=1S/C4H9NO.Al.7ClH.Ti/c1-4(6)5(2)3;;;;;;;;;/h1-3H3;;7*1H;/q;+3;;;;;;;;+4/p-7. The van der Waals surface area contributed by atoms with Crippen molar-refractivity contribution in [2.75, 3.05) is 14.1 Å². The van der Waals surface area contributed by atoms with Gasteiger partial charge < -0.3 is 4.90 Å². The molecule has 0 aromatic carbocycles. The zero-order valence-corrected chi connectivity index (χ0v) is 16.1. The summed E-state index contributed by atoms with van der Waals surface area (Å²) < 4.78 is 0. The van der Waals surface area contributed by atoms with E-state index in [0.717, 1.165) is 0 Å². The number of nitrogens with zero attached hydrogens (tertiary/aromatic N) is 1. The summed E-state index contributed by atoms with van der Waals surface area (Å²) >= 11 is -4.83. The van der Waals surface area contributed by atoms with E-state index in [0.29, 0.717) is 0 Å². The molecule has 0 radical (unpaired) electrons. The minimum atomic E-state index is -3.11. The van der Waals surface area contributed by atoms with Crippen LogP contribution in [0.5, 0.6) is 0 Å². The monoisotopic (exact) mass is 407 g/mol. The topological polar surface area (TPSA) is 20.3 Å². The Morgan fingerprint density at radius 3 is 1.13 bits per heavy atom. The molecule has 0 fully saturated rings. The molecule has 2 nitrogen and oxygen atoms in total. The minimum absolute atomic E-state index is 0.0926. The number of hydrogen-bond acceptors (Lipinski definition) is 1. The fourth-order valence-electron chi connectivity index (χ4n) is 0. The van der Waals surface area contributed by atoms with Crippen molar-refractivity contribution in [1.82, 2.24) is 4.90 Å². The van der Waals surface area contributed by atoms with Crippen LogP contribution in [0.1, 0.15) is 6.92 Å². The molecule has 0 saturated carbocycles. The summed E-state index contributed by atoms with van der Waals surface area (Å²) in [6.07, 6.45) is 0. The van der Waals surface area contributed by atoms with Gasteiger partial charge >= 0.3 is 60.9 Å². The van der Waals surface area contributed by atoms with Gasteiger partial charge in [-0.2, -0.15) is 0 Å². The zero-order valence-electron chi connectivity index (χ0n) is 8.08. The van der Waals surface area contributed by atoms with Crippen LogP contribution in [0.3, 0.4) is 0 Å². The number of halogens is 7. The number of hydrogen-bond donors (Lipinski definition) is 0. The first-order valence-electron chi connectivity index (χ1n) is 3.23. The van der Waals surface area contributed by atoms with Gasteiger partial charge in [-0.25, -0.2) is 30.1 Å². The maximum absolute atomic E-state index is 10.1. The van der Waals surface area contributed by atoms with E-state index < -0.39 is 23.7 Å². The summed E-state index contributed by atoms with van der Waals surface area (Å²) in [5.41, 5.74) is 0. The molecule has 0 saturated heterocycles. The van der Waals surface area contributed by atoms with Crippen molar-refractivity contribution < 1.29 is 17.1 Å². The van der Waals surface area contributed by atoms with Crippen LogP contribution in [-0.2, 0) is 17.1 Å². The van der Waals surface area contributed by atoms with E-state index in [2.05, 4.69) is 0 Å².